The Bertz CT molecular complexity index is 1110. The predicted octanol–water partition coefficient (Wildman–Crippen LogP) is 6.48. The average molecular weight is 541 g/mol. The smallest absolute Gasteiger partial charge is 0.408 e. The van der Waals surface area contributed by atoms with Crippen molar-refractivity contribution in [3.05, 3.63) is 64.7 Å². The second-order valence-electron chi connectivity index (χ2n) is 12.0. The van der Waals surface area contributed by atoms with E-state index in [9.17, 15) is 14.4 Å². The van der Waals surface area contributed by atoms with Crippen LogP contribution in [0.15, 0.2) is 47.4 Å². The molecule has 2 rings (SSSR count). The summed E-state index contributed by atoms with van der Waals surface area (Å²) < 4.78 is 5.33. The topological polar surface area (TPSA) is 84.5 Å². The van der Waals surface area contributed by atoms with Gasteiger partial charge in [-0.05, 0) is 94.7 Å². The standard InChI is InChI=1S/C31H44N2O4S/c1-20(2)32-28(35)24-14-17-27(38-19-26(21(3)34)33-29(36)37-31(7,8)9)23(18-24)13-10-22-11-15-25(16-12-22)30(4,5)6/h11-12,14-18,20,26H,10,13,19H2,1-9H3,(H,32,35)(H,33,36)/t26-/m0/s1. The average Bonchev–Trinajstić information content (AvgIpc) is 2.78. The zero-order valence-corrected chi connectivity index (χ0v) is 25.2. The molecule has 0 fully saturated rings. The number of thioether (sulfide) groups is 1. The molecule has 0 heterocycles. The van der Waals surface area contributed by atoms with E-state index >= 15 is 0 Å². The number of carbonyl (C=O) groups excluding carboxylic acids is 3. The molecule has 0 aromatic heterocycles. The van der Waals surface area contributed by atoms with Crippen molar-refractivity contribution in [2.45, 2.75) is 103 Å². The van der Waals surface area contributed by atoms with Crippen LogP contribution in [-0.4, -0.2) is 41.2 Å². The highest BCUT2D eigenvalue weighted by Crippen LogP contribution is 2.27. The minimum absolute atomic E-state index is 0.0385. The van der Waals surface area contributed by atoms with Gasteiger partial charge in [-0.1, -0.05) is 45.0 Å². The largest absolute Gasteiger partial charge is 0.444 e. The lowest BCUT2D eigenvalue weighted by atomic mass is 9.86. The molecule has 0 spiro atoms. The van der Waals surface area contributed by atoms with Crippen LogP contribution in [0.3, 0.4) is 0 Å². The Morgan fingerprint density at radius 3 is 2.05 bits per heavy atom. The Hall–Kier alpha value is -2.80. The fourth-order valence-electron chi connectivity index (χ4n) is 3.74. The molecular weight excluding hydrogens is 496 g/mol. The summed E-state index contributed by atoms with van der Waals surface area (Å²) in [7, 11) is 0. The molecule has 0 aliphatic rings. The fourth-order valence-corrected chi connectivity index (χ4v) is 4.91. The van der Waals surface area contributed by atoms with E-state index in [-0.39, 0.29) is 23.1 Å². The van der Waals surface area contributed by atoms with Crippen molar-refractivity contribution in [3.8, 4) is 0 Å². The Labute approximate surface area is 232 Å². The lowest BCUT2D eigenvalue weighted by Crippen LogP contribution is -2.44. The van der Waals surface area contributed by atoms with Gasteiger partial charge < -0.3 is 15.4 Å². The number of hydrogen-bond acceptors (Lipinski definition) is 5. The van der Waals surface area contributed by atoms with E-state index in [2.05, 4.69) is 55.7 Å². The molecule has 2 amide bonds. The van der Waals surface area contributed by atoms with Crippen molar-refractivity contribution >= 4 is 29.5 Å². The van der Waals surface area contributed by atoms with Crippen molar-refractivity contribution in [2.24, 2.45) is 0 Å². The highest BCUT2D eigenvalue weighted by molar-refractivity contribution is 7.99. The van der Waals surface area contributed by atoms with Gasteiger partial charge >= 0.3 is 6.09 Å². The van der Waals surface area contributed by atoms with Crippen LogP contribution < -0.4 is 10.6 Å². The summed E-state index contributed by atoms with van der Waals surface area (Å²) >= 11 is 1.50. The van der Waals surface area contributed by atoms with E-state index < -0.39 is 17.7 Å². The number of carbonyl (C=O) groups is 3. The van der Waals surface area contributed by atoms with Crippen molar-refractivity contribution < 1.29 is 19.1 Å². The maximum atomic E-state index is 12.7. The maximum absolute atomic E-state index is 12.7. The van der Waals surface area contributed by atoms with Gasteiger partial charge in [0.2, 0.25) is 0 Å². The zero-order valence-electron chi connectivity index (χ0n) is 24.4. The lowest BCUT2D eigenvalue weighted by Gasteiger charge is -2.22. The second-order valence-corrected chi connectivity index (χ2v) is 13.1. The van der Waals surface area contributed by atoms with Gasteiger partial charge in [-0.2, -0.15) is 0 Å². The summed E-state index contributed by atoms with van der Waals surface area (Å²) in [5.74, 6) is 0.108. The second kappa shape index (κ2) is 13.3. The molecule has 0 unspecified atom stereocenters. The molecule has 1 atom stereocenters. The molecule has 7 heteroatoms. The van der Waals surface area contributed by atoms with E-state index in [4.69, 9.17) is 4.74 Å². The maximum Gasteiger partial charge on any atom is 0.408 e. The van der Waals surface area contributed by atoms with Crippen molar-refractivity contribution in [1.29, 1.82) is 0 Å². The first-order valence-electron chi connectivity index (χ1n) is 13.2. The van der Waals surface area contributed by atoms with Gasteiger partial charge in [-0.15, -0.1) is 11.8 Å². The summed E-state index contributed by atoms with van der Waals surface area (Å²) in [6, 6.07) is 13.7. The highest BCUT2D eigenvalue weighted by atomic mass is 32.2. The quantitative estimate of drug-likeness (QED) is 0.337. The van der Waals surface area contributed by atoms with Gasteiger partial charge in [0.1, 0.15) is 5.60 Å². The number of Topliss-reactive ketones (excluding diaryl/α,β-unsaturated/α-hetero) is 1. The van der Waals surface area contributed by atoms with Gasteiger partial charge in [0, 0.05) is 22.3 Å². The highest BCUT2D eigenvalue weighted by Gasteiger charge is 2.23. The number of hydrogen-bond donors (Lipinski definition) is 2. The molecule has 0 aliphatic carbocycles. The van der Waals surface area contributed by atoms with E-state index in [0.29, 0.717) is 11.3 Å². The summed E-state index contributed by atoms with van der Waals surface area (Å²) in [5, 5.41) is 5.65. The molecule has 38 heavy (non-hydrogen) atoms. The summed E-state index contributed by atoms with van der Waals surface area (Å²) in [6.45, 7) is 17.3. The van der Waals surface area contributed by atoms with E-state index in [0.717, 1.165) is 23.3 Å². The van der Waals surface area contributed by atoms with Crippen molar-refractivity contribution in [3.63, 3.8) is 0 Å². The predicted molar refractivity (Wildman–Crippen MR) is 156 cm³/mol. The molecule has 0 bridgehead atoms. The third-order valence-electron chi connectivity index (χ3n) is 5.83. The Balaban J connectivity index is 2.23. The van der Waals surface area contributed by atoms with E-state index in [1.807, 2.05) is 32.0 Å². The van der Waals surface area contributed by atoms with Crippen LogP contribution in [0.2, 0.25) is 0 Å². The third kappa shape index (κ3) is 10.5. The van der Waals surface area contributed by atoms with Gasteiger partial charge in [0.15, 0.2) is 5.78 Å². The van der Waals surface area contributed by atoms with Crippen molar-refractivity contribution in [1.82, 2.24) is 10.6 Å². The molecule has 2 N–H and O–H groups in total. The first-order valence-corrected chi connectivity index (χ1v) is 14.2. The van der Waals surface area contributed by atoms with Crippen LogP contribution in [0.5, 0.6) is 0 Å². The normalized spacial score (nSPS) is 12.7. The number of aryl methyl sites for hydroxylation is 2. The van der Waals surface area contributed by atoms with Crippen LogP contribution >= 0.6 is 11.8 Å². The van der Waals surface area contributed by atoms with Gasteiger partial charge in [-0.3, -0.25) is 9.59 Å². The first kappa shape index (κ1) is 31.4. The van der Waals surface area contributed by atoms with Crippen LogP contribution in [-0.2, 0) is 27.8 Å². The monoisotopic (exact) mass is 540 g/mol. The number of nitrogens with one attached hydrogen (secondary N) is 2. The molecule has 0 radical (unpaired) electrons. The molecule has 208 valence electrons. The molecule has 2 aromatic rings. The molecule has 0 aliphatic heterocycles. The Kier molecular flexibility index (Phi) is 11.0. The zero-order chi connectivity index (χ0) is 28.7. The van der Waals surface area contributed by atoms with Gasteiger partial charge in [0.05, 0.1) is 6.04 Å². The Morgan fingerprint density at radius 1 is 0.895 bits per heavy atom. The minimum atomic E-state index is -0.684. The number of ether oxygens (including phenoxy) is 1. The number of amides is 2. The number of benzene rings is 2. The van der Waals surface area contributed by atoms with Gasteiger partial charge in [-0.25, -0.2) is 4.79 Å². The molecule has 6 nitrogen and oxygen atoms in total. The number of rotatable bonds is 10. The molecular formula is C31H44N2O4S. The fraction of sp³-hybridized carbons (Fsp3) is 0.516. The van der Waals surface area contributed by atoms with Crippen LogP contribution in [0, 0.1) is 0 Å². The first-order chi connectivity index (χ1) is 17.5. The van der Waals surface area contributed by atoms with Crippen LogP contribution in [0.4, 0.5) is 4.79 Å². The van der Waals surface area contributed by atoms with Crippen molar-refractivity contribution in [2.75, 3.05) is 5.75 Å². The number of ketones is 1. The minimum Gasteiger partial charge on any atom is -0.444 e. The van der Waals surface area contributed by atoms with E-state index in [1.165, 1.54) is 29.8 Å². The molecule has 0 saturated heterocycles. The molecule has 0 saturated carbocycles. The van der Waals surface area contributed by atoms with Crippen LogP contribution in [0.25, 0.3) is 0 Å². The van der Waals surface area contributed by atoms with Crippen LogP contribution in [0.1, 0.15) is 89.4 Å². The van der Waals surface area contributed by atoms with Gasteiger partial charge in [0.25, 0.3) is 5.91 Å². The summed E-state index contributed by atoms with van der Waals surface area (Å²) in [4.78, 5) is 38.2. The Morgan fingerprint density at radius 2 is 1.53 bits per heavy atom. The molecule has 2 aromatic carbocycles. The third-order valence-corrected chi connectivity index (χ3v) is 7.04. The lowest BCUT2D eigenvalue weighted by molar-refractivity contribution is -0.118. The number of alkyl carbamates (subject to hydrolysis) is 1. The SMILES string of the molecule is CC(=O)[C@H](CSc1ccc(C(=O)NC(C)C)cc1CCc1ccc(C(C)(C)C)cc1)NC(=O)OC(C)(C)C. The summed E-state index contributed by atoms with van der Waals surface area (Å²) in [5.41, 5.74) is 3.60. The van der Waals surface area contributed by atoms with E-state index in [1.54, 1.807) is 20.8 Å². The summed E-state index contributed by atoms with van der Waals surface area (Å²) in [6.07, 6.45) is 0.946.